The first-order valence-corrected chi connectivity index (χ1v) is 8.72. The average molecular weight is 308 g/mol. The van der Waals surface area contributed by atoms with E-state index in [9.17, 15) is 8.42 Å². The lowest BCUT2D eigenvalue weighted by atomic mass is 10.2. The van der Waals surface area contributed by atoms with E-state index in [1.54, 1.807) is 30.8 Å². The molecule has 0 atom stereocenters. The molecular weight excluding hydrogens is 292 g/mol. The Morgan fingerprint density at radius 3 is 1.90 bits per heavy atom. The van der Waals surface area contributed by atoms with Crippen molar-refractivity contribution < 1.29 is 13.5 Å². The summed E-state index contributed by atoms with van der Waals surface area (Å²) < 4.78 is 23.4. The minimum Gasteiger partial charge on any atom is -0.392 e. The van der Waals surface area contributed by atoms with Gasteiger partial charge in [-0.1, -0.05) is 30.8 Å². The molecule has 2 rings (SSSR count). The third-order valence-corrected chi connectivity index (χ3v) is 5.67. The van der Waals surface area contributed by atoms with Gasteiger partial charge in [0.05, 0.1) is 17.3 Å². The molecule has 20 heavy (non-hydrogen) atoms. The van der Waals surface area contributed by atoms with Gasteiger partial charge >= 0.3 is 0 Å². The molecule has 0 radical (unpaired) electrons. The fourth-order valence-electron chi connectivity index (χ4n) is 1.68. The highest BCUT2D eigenvalue weighted by Gasteiger charge is 2.10. The molecule has 1 N–H and O–H groups in total. The Bertz CT molecular complexity index is 659. The maximum Gasteiger partial charge on any atom is 0.178 e. The molecule has 106 valence electrons. The molecule has 0 fully saturated rings. The highest BCUT2D eigenvalue weighted by Crippen LogP contribution is 2.28. The highest BCUT2D eigenvalue weighted by molar-refractivity contribution is 7.99. The van der Waals surface area contributed by atoms with Gasteiger partial charge in [0.25, 0.3) is 0 Å². The second kappa shape index (κ2) is 6.43. The van der Waals surface area contributed by atoms with E-state index in [0.717, 1.165) is 15.4 Å². The molecule has 0 saturated heterocycles. The Balaban J connectivity index is 2.14. The van der Waals surface area contributed by atoms with Gasteiger partial charge in [0.2, 0.25) is 0 Å². The third-order valence-electron chi connectivity index (χ3n) is 2.90. The minimum absolute atomic E-state index is 0.0362. The molecule has 0 bridgehead atoms. The molecule has 5 heteroatoms. The number of aliphatic hydroxyl groups is 1. The van der Waals surface area contributed by atoms with Crippen LogP contribution in [0.2, 0.25) is 0 Å². The number of hydrogen-bond donors (Lipinski definition) is 1. The zero-order valence-corrected chi connectivity index (χ0v) is 12.7. The quantitative estimate of drug-likeness (QED) is 0.922. The third kappa shape index (κ3) is 3.62. The summed E-state index contributed by atoms with van der Waals surface area (Å²) in [5, 5.41) is 8.98. The molecular formula is C15H16O3S2. The van der Waals surface area contributed by atoms with Gasteiger partial charge < -0.3 is 5.11 Å². The standard InChI is InChI=1S/C15H16O3S2/c1-2-20(17,18)15-9-7-14(8-10-15)19-13-5-3-12(11-16)4-6-13/h3-10,16H,2,11H2,1H3. The van der Waals surface area contributed by atoms with E-state index >= 15 is 0 Å². The summed E-state index contributed by atoms with van der Waals surface area (Å²) in [5.41, 5.74) is 0.874. The SMILES string of the molecule is CCS(=O)(=O)c1ccc(Sc2ccc(CO)cc2)cc1. The summed E-state index contributed by atoms with van der Waals surface area (Å²) in [7, 11) is -3.13. The van der Waals surface area contributed by atoms with Crippen LogP contribution in [0.1, 0.15) is 12.5 Å². The molecule has 2 aromatic carbocycles. The van der Waals surface area contributed by atoms with Crippen LogP contribution in [0.3, 0.4) is 0 Å². The predicted molar refractivity (Wildman–Crippen MR) is 80.7 cm³/mol. The van der Waals surface area contributed by atoms with E-state index in [1.807, 2.05) is 36.4 Å². The van der Waals surface area contributed by atoms with Gasteiger partial charge in [0.15, 0.2) is 9.84 Å². The normalized spacial score (nSPS) is 11.5. The van der Waals surface area contributed by atoms with Crippen LogP contribution in [0.25, 0.3) is 0 Å². The van der Waals surface area contributed by atoms with Crippen LogP contribution in [-0.2, 0) is 16.4 Å². The lowest BCUT2D eigenvalue weighted by molar-refractivity contribution is 0.282. The zero-order valence-electron chi connectivity index (χ0n) is 11.1. The number of aliphatic hydroxyl groups excluding tert-OH is 1. The maximum atomic E-state index is 11.7. The van der Waals surface area contributed by atoms with Gasteiger partial charge in [0.1, 0.15) is 0 Å². The molecule has 0 aliphatic heterocycles. The summed E-state index contributed by atoms with van der Waals surface area (Å²) in [6.45, 7) is 1.68. The van der Waals surface area contributed by atoms with Crippen LogP contribution < -0.4 is 0 Å². The van der Waals surface area contributed by atoms with Crippen LogP contribution in [0.15, 0.2) is 63.2 Å². The molecule has 2 aromatic rings. The summed E-state index contributed by atoms with van der Waals surface area (Å²) >= 11 is 1.56. The maximum absolute atomic E-state index is 11.7. The van der Waals surface area contributed by atoms with E-state index in [1.165, 1.54) is 0 Å². The van der Waals surface area contributed by atoms with Crippen LogP contribution in [-0.4, -0.2) is 19.3 Å². The van der Waals surface area contributed by atoms with Gasteiger partial charge in [0, 0.05) is 9.79 Å². The minimum atomic E-state index is -3.13. The fourth-order valence-corrected chi connectivity index (χ4v) is 3.38. The molecule has 0 spiro atoms. The molecule has 0 aliphatic carbocycles. The van der Waals surface area contributed by atoms with E-state index < -0.39 is 9.84 Å². The van der Waals surface area contributed by atoms with E-state index in [0.29, 0.717) is 4.90 Å². The summed E-state index contributed by atoms with van der Waals surface area (Å²) in [5.74, 6) is 0.113. The van der Waals surface area contributed by atoms with Gasteiger partial charge in [-0.2, -0.15) is 0 Å². The van der Waals surface area contributed by atoms with Crippen molar-refractivity contribution in [1.82, 2.24) is 0 Å². The highest BCUT2D eigenvalue weighted by atomic mass is 32.2. The number of sulfone groups is 1. The summed E-state index contributed by atoms with van der Waals surface area (Å²) in [6.07, 6.45) is 0. The van der Waals surface area contributed by atoms with Crippen LogP contribution >= 0.6 is 11.8 Å². The number of benzene rings is 2. The molecule has 0 heterocycles. The van der Waals surface area contributed by atoms with E-state index in [2.05, 4.69) is 0 Å². The Morgan fingerprint density at radius 1 is 0.950 bits per heavy atom. The van der Waals surface area contributed by atoms with Gasteiger partial charge in [-0.15, -0.1) is 0 Å². The van der Waals surface area contributed by atoms with E-state index in [4.69, 9.17) is 5.11 Å². The molecule has 0 aliphatic rings. The Hall–Kier alpha value is -1.30. The smallest absolute Gasteiger partial charge is 0.178 e. The lowest BCUT2D eigenvalue weighted by Gasteiger charge is -2.05. The first kappa shape index (κ1) is 15.1. The Kier molecular flexibility index (Phi) is 4.86. The monoisotopic (exact) mass is 308 g/mol. The van der Waals surface area contributed by atoms with Crippen LogP contribution in [0.5, 0.6) is 0 Å². The van der Waals surface area contributed by atoms with Gasteiger partial charge in [-0.25, -0.2) is 8.42 Å². The second-order valence-electron chi connectivity index (χ2n) is 4.28. The Labute approximate surface area is 123 Å². The zero-order chi connectivity index (χ0) is 14.6. The van der Waals surface area contributed by atoms with Crippen molar-refractivity contribution in [2.45, 2.75) is 28.2 Å². The number of rotatable bonds is 5. The number of hydrogen-bond acceptors (Lipinski definition) is 4. The van der Waals surface area contributed by atoms with Crippen molar-refractivity contribution in [1.29, 1.82) is 0 Å². The lowest BCUT2D eigenvalue weighted by Crippen LogP contribution is -2.02. The molecule has 0 amide bonds. The first-order chi connectivity index (χ1) is 9.55. The predicted octanol–water partition coefficient (Wildman–Crippen LogP) is 3.12. The first-order valence-electron chi connectivity index (χ1n) is 6.25. The van der Waals surface area contributed by atoms with Crippen molar-refractivity contribution >= 4 is 21.6 Å². The molecule has 0 unspecified atom stereocenters. The molecule has 0 saturated carbocycles. The summed E-state index contributed by atoms with van der Waals surface area (Å²) in [4.78, 5) is 2.39. The van der Waals surface area contributed by atoms with Crippen LogP contribution in [0, 0.1) is 0 Å². The van der Waals surface area contributed by atoms with Crippen LogP contribution in [0.4, 0.5) is 0 Å². The van der Waals surface area contributed by atoms with Crippen molar-refractivity contribution in [3.8, 4) is 0 Å². The topological polar surface area (TPSA) is 54.4 Å². The van der Waals surface area contributed by atoms with Gasteiger partial charge in [-0.05, 0) is 42.0 Å². The average Bonchev–Trinajstić information content (AvgIpc) is 2.48. The molecule has 0 aromatic heterocycles. The second-order valence-corrected chi connectivity index (χ2v) is 7.70. The van der Waals surface area contributed by atoms with Gasteiger partial charge in [-0.3, -0.25) is 0 Å². The fraction of sp³-hybridized carbons (Fsp3) is 0.200. The largest absolute Gasteiger partial charge is 0.392 e. The Morgan fingerprint density at radius 2 is 1.45 bits per heavy atom. The van der Waals surface area contributed by atoms with Crippen molar-refractivity contribution in [3.05, 3.63) is 54.1 Å². The van der Waals surface area contributed by atoms with Crippen molar-refractivity contribution in [3.63, 3.8) is 0 Å². The van der Waals surface area contributed by atoms with Crippen molar-refractivity contribution in [2.75, 3.05) is 5.75 Å². The van der Waals surface area contributed by atoms with Crippen molar-refractivity contribution in [2.24, 2.45) is 0 Å². The molecule has 3 nitrogen and oxygen atoms in total. The summed E-state index contributed by atoms with van der Waals surface area (Å²) in [6, 6.07) is 14.5. The van der Waals surface area contributed by atoms with E-state index in [-0.39, 0.29) is 12.4 Å².